The fourth-order valence-corrected chi connectivity index (χ4v) is 2.90. The van der Waals surface area contributed by atoms with Crippen molar-refractivity contribution in [3.63, 3.8) is 0 Å². The van der Waals surface area contributed by atoms with Crippen LogP contribution < -0.4 is 4.90 Å². The van der Waals surface area contributed by atoms with Gasteiger partial charge in [0.05, 0.1) is 17.2 Å². The number of aromatic amines is 1. The monoisotopic (exact) mass is 314 g/mol. The first-order valence-electron chi connectivity index (χ1n) is 6.70. The molecule has 2 atom stereocenters. The summed E-state index contributed by atoms with van der Waals surface area (Å²) in [6.45, 7) is -0.123. The maximum atomic E-state index is 13.0. The number of H-pyrrole nitrogens is 1. The SMILES string of the molecule is O=C(O)[C@@H]1CN(c2ncnc3[nH]ccc23)CC[C@H]1C(F)(F)F. The summed E-state index contributed by atoms with van der Waals surface area (Å²) >= 11 is 0. The minimum Gasteiger partial charge on any atom is -0.481 e. The molecular weight excluding hydrogens is 301 g/mol. The van der Waals surface area contributed by atoms with Crippen LogP contribution in [0.4, 0.5) is 19.0 Å². The van der Waals surface area contributed by atoms with Gasteiger partial charge in [0.1, 0.15) is 17.8 Å². The lowest BCUT2D eigenvalue weighted by Crippen LogP contribution is -2.49. The van der Waals surface area contributed by atoms with Crippen LogP contribution in [0.5, 0.6) is 0 Å². The van der Waals surface area contributed by atoms with Crippen molar-refractivity contribution in [2.24, 2.45) is 11.8 Å². The minimum absolute atomic E-state index is 0.102. The second-order valence-electron chi connectivity index (χ2n) is 5.26. The van der Waals surface area contributed by atoms with Crippen LogP contribution >= 0.6 is 0 Å². The van der Waals surface area contributed by atoms with Gasteiger partial charge < -0.3 is 15.0 Å². The Hall–Kier alpha value is -2.32. The van der Waals surface area contributed by atoms with Crippen LogP contribution in [0.1, 0.15) is 6.42 Å². The number of fused-ring (bicyclic) bond motifs is 1. The number of nitrogens with one attached hydrogen (secondary N) is 1. The average molecular weight is 314 g/mol. The third kappa shape index (κ3) is 2.46. The van der Waals surface area contributed by atoms with Crippen LogP contribution in [0.15, 0.2) is 18.6 Å². The van der Waals surface area contributed by atoms with Crippen molar-refractivity contribution in [3.8, 4) is 0 Å². The van der Waals surface area contributed by atoms with E-state index < -0.39 is 24.0 Å². The van der Waals surface area contributed by atoms with E-state index in [4.69, 9.17) is 5.11 Å². The van der Waals surface area contributed by atoms with Crippen LogP contribution in [0, 0.1) is 11.8 Å². The molecule has 1 fully saturated rings. The highest BCUT2D eigenvalue weighted by atomic mass is 19.4. The van der Waals surface area contributed by atoms with Gasteiger partial charge in [-0.25, -0.2) is 9.97 Å². The first kappa shape index (κ1) is 14.6. The summed E-state index contributed by atoms with van der Waals surface area (Å²) in [5.41, 5.74) is 0.565. The Bertz CT molecular complexity index is 700. The van der Waals surface area contributed by atoms with Gasteiger partial charge >= 0.3 is 12.1 Å². The van der Waals surface area contributed by atoms with E-state index >= 15 is 0 Å². The van der Waals surface area contributed by atoms with E-state index in [1.807, 2.05) is 0 Å². The zero-order valence-corrected chi connectivity index (χ0v) is 11.3. The molecule has 0 unspecified atom stereocenters. The Morgan fingerprint density at radius 2 is 2.18 bits per heavy atom. The van der Waals surface area contributed by atoms with Gasteiger partial charge in [-0.2, -0.15) is 13.2 Å². The molecule has 9 heteroatoms. The van der Waals surface area contributed by atoms with Crippen molar-refractivity contribution >= 4 is 22.8 Å². The maximum Gasteiger partial charge on any atom is 0.392 e. The molecule has 3 rings (SSSR count). The topological polar surface area (TPSA) is 82.1 Å². The summed E-state index contributed by atoms with van der Waals surface area (Å²) in [5.74, 6) is -4.31. The van der Waals surface area contributed by atoms with E-state index in [0.29, 0.717) is 16.9 Å². The smallest absolute Gasteiger partial charge is 0.392 e. The first-order valence-corrected chi connectivity index (χ1v) is 6.70. The number of halogens is 3. The second-order valence-corrected chi connectivity index (χ2v) is 5.26. The van der Waals surface area contributed by atoms with Gasteiger partial charge in [-0.1, -0.05) is 0 Å². The molecular formula is C13H13F3N4O2. The standard InChI is InChI=1S/C13H13F3N4O2/c14-13(15,16)9-2-4-20(5-8(9)12(21)22)11-7-1-3-17-10(7)18-6-19-11/h1,3,6,8-9H,2,4-5H2,(H,21,22)(H,17,18,19)/t8-,9-/m1/s1. The van der Waals surface area contributed by atoms with Gasteiger partial charge in [-0.15, -0.1) is 0 Å². The molecule has 1 saturated heterocycles. The number of hydrogen-bond donors (Lipinski definition) is 2. The molecule has 3 heterocycles. The minimum atomic E-state index is -4.51. The predicted octanol–water partition coefficient (Wildman–Crippen LogP) is 2.05. The van der Waals surface area contributed by atoms with Crippen LogP contribution in [0.25, 0.3) is 11.0 Å². The van der Waals surface area contributed by atoms with Crippen molar-refractivity contribution < 1.29 is 23.1 Å². The summed E-state index contributed by atoms with van der Waals surface area (Å²) < 4.78 is 38.9. The molecule has 0 aliphatic carbocycles. The summed E-state index contributed by atoms with van der Waals surface area (Å²) in [6, 6.07) is 1.72. The average Bonchev–Trinajstić information content (AvgIpc) is 2.93. The van der Waals surface area contributed by atoms with Gasteiger partial charge in [-0.3, -0.25) is 4.79 Å². The molecule has 0 amide bonds. The van der Waals surface area contributed by atoms with Gasteiger partial charge in [0.15, 0.2) is 0 Å². The van der Waals surface area contributed by atoms with E-state index in [1.165, 1.54) is 6.33 Å². The fourth-order valence-electron chi connectivity index (χ4n) is 2.90. The molecule has 118 valence electrons. The number of carboxylic acid groups (broad SMARTS) is 1. The molecule has 0 saturated carbocycles. The lowest BCUT2D eigenvalue weighted by molar-refractivity contribution is -0.199. The van der Waals surface area contributed by atoms with Crippen LogP contribution in [-0.4, -0.2) is 45.3 Å². The van der Waals surface area contributed by atoms with Crippen molar-refractivity contribution in [2.45, 2.75) is 12.6 Å². The van der Waals surface area contributed by atoms with Crippen molar-refractivity contribution in [3.05, 3.63) is 18.6 Å². The second kappa shape index (κ2) is 5.15. The van der Waals surface area contributed by atoms with Crippen molar-refractivity contribution in [1.29, 1.82) is 0 Å². The summed E-state index contributed by atoms with van der Waals surface area (Å²) in [7, 11) is 0. The molecule has 2 N–H and O–H groups in total. The number of anilines is 1. The summed E-state index contributed by atoms with van der Waals surface area (Å²) in [5, 5.41) is 9.81. The number of carboxylic acids is 1. The number of rotatable bonds is 2. The summed E-state index contributed by atoms with van der Waals surface area (Å²) in [6.07, 6.45) is -1.82. The molecule has 6 nitrogen and oxygen atoms in total. The van der Waals surface area contributed by atoms with E-state index in [9.17, 15) is 18.0 Å². The van der Waals surface area contributed by atoms with Crippen molar-refractivity contribution in [2.75, 3.05) is 18.0 Å². The Labute approximate surface area is 123 Å². The molecule has 0 bridgehead atoms. The molecule has 22 heavy (non-hydrogen) atoms. The highest BCUT2D eigenvalue weighted by molar-refractivity contribution is 5.87. The molecule has 1 aliphatic heterocycles. The number of piperidine rings is 1. The number of alkyl halides is 3. The Morgan fingerprint density at radius 3 is 2.86 bits per heavy atom. The quantitative estimate of drug-likeness (QED) is 0.886. The predicted molar refractivity (Wildman–Crippen MR) is 71.4 cm³/mol. The number of aromatic nitrogens is 3. The molecule has 2 aromatic heterocycles. The third-order valence-corrected chi connectivity index (χ3v) is 3.98. The fraction of sp³-hybridized carbons (Fsp3) is 0.462. The lowest BCUT2D eigenvalue weighted by Gasteiger charge is -2.38. The zero-order chi connectivity index (χ0) is 15.9. The maximum absolute atomic E-state index is 13.0. The molecule has 0 spiro atoms. The number of nitrogens with zero attached hydrogens (tertiary/aromatic N) is 3. The van der Waals surface area contributed by atoms with Gasteiger partial charge in [0, 0.05) is 19.3 Å². The first-order chi connectivity index (χ1) is 10.4. The lowest BCUT2D eigenvalue weighted by atomic mass is 9.85. The number of aliphatic carboxylic acids is 1. The Balaban J connectivity index is 1.92. The number of carbonyl (C=O) groups is 1. The largest absolute Gasteiger partial charge is 0.481 e. The van der Waals surface area contributed by atoms with Gasteiger partial charge in [-0.05, 0) is 12.5 Å². The highest BCUT2D eigenvalue weighted by Gasteiger charge is 2.50. The molecule has 1 aliphatic rings. The highest BCUT2D eigenvalue weighted by Crippen LogP contribution is 2.39. The zero-order valence-electron chi connectivity index (χ0n) is 11.3. The van der Waals surface area contributed by atoms with Crippen molar-refractivity contribution in [1.82, 2.24) is 15.0 Å². The van der Waals surface area contributed by atoms with Crippen LogP contribution in [0.2, 0.25) is 0 Å². The molecule has 2 aromatic rings. The van der Waals surface area contributed by atoms with E-state index in [1.54, 1.807) is 17.2 Å². The summed E-state index contributed by atoms with van der Waals surface area (Å²) in [4.78, 5) is 23.8. The normalized spacial score (nSPS) is 23.0. The Kier molecular flexibility index (Phi) is 3.42. The van der Waals surface area contributed by atoms with E-state index in [-0.39, 0.29) is 19.5 Å². The van der Waals surface area contributed by atoms with Gasteiger partial charge in [0.25, 0.3) is 0 Å². The van der Waals surface area contributed by atoms with Crippen LogP contribution in [0.3, 0.4) is 0 Å². The third-order valence-electron chi connectivity index (χ3n) is 3.98. The molecule has 0 aromatic carbocycles. The number of hydrogen-bond acceptors (Lipinski definition) is 4. The van der Waals surface area contributed by atoms with E-state index in [2.05, 4.69) is 15.0 Å². The van der Waals surface area contributed by atoms with Crippen LogP contribution in [-0.2, 0) is 4.79 Å². The van der Waals surface area contributed by atoms with E-state index in [0.717, 1.165) is 0 Å². The molecule has 0 radical (unpaired) electrons. The Morgan fingerprint density at radius 1 is 1.41 bits per heavy atom. The van der Waals surface area contributed by atoms with Gasteiger partial charge in [0.2, 0.25) is 0 Å².